The lowest BCUT2D eigenvalue weighted by Gasteiger charge is -2.34. The maximum absolute atomic E-state index is 13.5. The molecule has 1 aliphatic rings. The molecule has 20 heavy (non-hydrogen) atoms. The van der Waals surface area contributed by atoms with Crippen molar-refractivity contribution >= 4 is 11.6 Å². The lowest BCUT2D eigenvalue weighted by molar-refractivity contribution is -0.0143. The molecule has 0 aliphatic carbocycles. The fourth-order valence-electron chi connectivity index (χ4n) is 2.44. The molecule has 1 saturated heterocycles. The molecule has 0 spiro atoms. The van der Waals surface area contributed by atoms with Crippen molar-refractivity contribution in [1.29, 1.82) is 0 Å². The predicted molar refractivity (Wildman–Crippen MR) is 74.0 cm³/mol. The van der Waals surface area contributed by atoms with Gasteiger partial charge < -0.3 is 4.74 Å². The van der Waals surface area contributed by atoms with E-state index in [4.69, 9.17) is 16.3 Å². The Bertz CT molecular complexity index is 576. The summed E-state index contributed by atoms with van der Waals surface area (Å²) in [5.74, 6) is -0.379. The maximum Gasteiger partial charge on any atom is 0.142 e. The standard InChI is InChI=1S/C14H15ClFN3O/c15-11-2-1-10(7-12(11)16)8-19-5-6-20-9-14(19)13-3-4-17-18-13/h1-4,7,14H,5-6,8-9H2,(H,17,18). The summed E-state index contributed by atoms with van der Waals surface area (Å²) in [5.41, 5.74) is 1.91. The van der Waals surface area contributed by atoms with Crippen LogP contribution in [0.25, 0.3) is 0 Å². The molecule has 1 aliphatic heterocycles. The summed E-state index contributed by atoms with van der Waals surface area (Å²) < 4.78 is 19.0. The van der Waals surface area contributed by atoms with Crippen LogP contribution in [0.5, 0.6) is 0 Å². The minimum absolute atomic E-state index is 0.116. The zero-order valence-corrected chi connectivity index (χ0v) is 11.6. The second-order valence-corrected chi connectivity index (χ2v) is 5.23. The number of aromatic nitrogens is 2. The Morgan fingerprint density at radius 1 is 1.45 bits per heavy atom. The van der Waals surface area contributed by atoms with Crippen LogP contribution < -0.4 is 0 Å². The number of halogens is 2. The zero-order valence-electron chi connectivity index (χ0n) is 10.9. The van der Waals surface area contributed by atoms with Gasteiger partial charge in [-0.25, -0.2) is 4.39 Å². The quantitative estimate of drug-likeness (QED) is 0.947. The summed E-state index contributed by atoms with van der Waals surface area (Å²) >= 11 is 5.71. The molecule has 2 heterocycles. The van der Waals surface area contributed by atoms with Crippen LogP contribution in [-0.2, 0) is 11.3 Å². The van der Waals surface area contributed by atoms with Crippen LogP contribution in [0, 0.1) is 5.82 Å². The number of aromatic amines is 1. The van der Waals surface area contributed by atoms with Gasteiger partial charge in [0.05, 0.1) is 30.0 Å². The van der Waals surface area contributed by atoms with E-state index in [9.17, 15) is 4.39 Å². The first-order chi connectivity index (χ1) is 9.74. The molecule has 6 heteroatoms. The Morgan fingerprint density at radius 2 is 2.35 bits per heavy atom. The minimum Gasteiger partial charge on any atom is -0.378 e. The fraction of sp³-hybridized carbons (Fsp3) is 0.357. The number of nitrogens with one attached hydrogen (secondary N) is 1. The third-order valence-electron chi connectivity index (χ3n) is 3.49. The summed E-state index contributed by atoms with van der Waals surface area (Å²) in [7, 11) is 0. The summed E-state index contributed by atoms with van der Waals surface area (Å²) in [6.07, 6.45) is 1.73. The predicted octanol–water partition coefficient (Wildman–Crippen LogP) is 2.78. The molecule has 2 aromatic rings. The molecule has 0 bridgehead atoms. The van der Waals surface area contributed by atoms with Gasteiger partial charge in [-0.05, 0) is 23.8 Å². The zero-order chi connectivity index (χ0) is 13.9. The van der Waals surface area contributed by atoms with Crippen molar-refractivity contribution in [3.05, 3.63) is 52.6 Å². The van der Waals surface area contributed by atoms with E-state index < -0.39 is 0 Å². The summed E-state index contributed by atoms with van der Waals surface area (Å²) in [6, 6.07) is 6.99. The van der Waals surface area contributed by atoms with Gasteiger partial charge in [-0.15, -0.1) is 0 Å². The molecule has 1 aromatic carbocycles. The van der Waals surface area contributed by atoms with E-state index in [0.717, 1.165) is 17.8 Å². The van der Waals surface area contributed by atoms with Crippen molar-refractivity contribution in [2.24, 2.45) is 0 Å². The van der Waals surface area contributed by atoms with Gasteiger partial charge in [0.2, 0.25) is 0 Å². The molecule has 1 atom stereocenters. The van der Waals surface area contributed by atoms with Crippen LogP contribution in [0.1, 0.15) is 17.3 Å². The first-order valence-electron chi connectivity index (χ1n) is 6.49. The topological polar surface area (TPSA) is 41.1 Å². The van der Waals surface area contributed by atoms with Gasteiger partial charge in [0.15, 0.2) is 0 Å². The Morgan fingerprint density at radius 3 is 3.10 bits per heavy atom. The van der Waals surface area contributed by atoms with E-state index in [-0.39, 0.29) is 16.9 Å². The van der Waals surface area contributed by atoms with Gasteiger partial charge in [-0.2, -0.15) is 5.10 Å². The Hall–Kier alpha value is -1.43. The number of hydrogen-bond donors (Lipinski definition) is 1. The lowest BCUT2D eigenvalue weighted by Crippen LogP contribution is -2.39. The molecule has 1 N–H and O–H groups in total. The maximum atomic E-state index is 13.5. The second kappa shape index (κ2) is 5.91. The largest absolute Gasteiger partial charge is 0.378 e. The van der Waals surface area contributed by atoms with Crippen molar-refractivity contribution in [2.45, 2.75) is 12.6 Å². The lowest BCUT2D eigenvalue weighted by atomic mass is 10.1. The highest BCUT2D eigenvalue weighted by Crippen LogP contribution is 2.25. The molecular formula is C14H15ClFN3O. The molecule has 0 amide bonds. The van der Waals surface area contributed by atoms with E-state index in [1.165, 1.54) is 6.07 Å². The van der Waals surface area contributed by atoms with E-state index >= 15 is 0 Å². The van der Waals surface area contributed by atoms with Crippen LogP contribution in [0.4, 0.5) is 4.39 Å². The monoisotopic (exact) mass is 295 g/mol. The first kappa shape index (κ1) is 13.5. The van der Waals surface area contributed by atoms with Crippen molar-refractivity contribution in [2.75, 3.05) is 19.8 Å². The SMILES string of the molecule is Fc1cc(CN2CCOCC2c2ccn[nH]2)ccc1Cl. The molecule has 0 saturated carbocycles. The molecule has 106 valence electrons. The Balaban J connectivity index is 1.78. The van der Waals surface area contributed by atoms with Gasteiger partial charge in [-0.1, -0.05) is 17.7 Å². The van der Waals surface area contributed by atoms with E-state index in [0.29, 0.717) is 19.8 Å². The molecule has 1 unspecified atom stereocenters. The molecule has 3 rings (SSSR count). The molecule has 1 aromatic heterocycles. The minimum atomic E-state index is -0.379. The van der Waals surface area contributed by atoms with Crippen LogP contribution in [0.15, 0.2) is 30.5 Å². The second-order valence-electron chi connectivity index (χ2n) is 4.82. The summed E-state index contributed by atoms with van der Waals surface area (Å²) in [4.78, 5) is 2.25. The van der Waals surface area contributed by atoms with Gasteiger partial charge >= 0.3 is 0 Å². The number of hydrogen-bond acceptors (Lipinski definition) is 3. The van der Waals surface area contributed by atoms with Crippen LogP contribution in [0.2, 0.25) is 5.02 Å². The van der Waals surface area contributed by atoms with Crippen LogP contribution in [0.3, 0.4) is 0 Å². The van der Waals surface area contributed by atoms with E-state index in [2.05, 4.69) is 15.1 Å². The van der Waals surface area contributed by atoms with Crippen LogP contribution in [-0.4, -0.2) is 34.9 Å². The van der Waals surface area contributed by atoms with Gasteiger partial charge in [0, 0.05) is 19.3 Å². The first-order valence-corrected chi connectivity index (χ1v) is 6.87. The van der Waals surface area contributed by atoms with Gasteiger partial charge in [0.1, 0.15) is 5.82 Å². The third-order valence-corrected chi connectivity index (χ3v) is 3.80. The molecule has 0 radical (unpaired) electrons. The van der Waals surface area contributed by atoms with Crippen molar-refractivity contribution in [1.82, 2.24) is 15.1 Å². The number of rotatable bonds is 3. The third kappa shape index (κ3) is 2.85. The molecule has 1 fully saturated rings. The average molecular weight is 296 g/mol. The smallest absolute Gasteiger partial charge is 0.142 e. The number of nitrogens with zero attached hydrogens (tertiary/aromatic N) is 2. The molecule has 4 nitrogen and oxygen atoms in total. The Labute approximate surface area is 121 Å². The van der Waals surface area contributed by atoms with Crippen LogP contribution >= 0.6 is 11.6 Å². The van der Waals surface area contributed by atoms with Gasteiger partial charge in [0.25, 0.3) is 0 Å². The van der Waals surface area contributed by atoms with Crippen molar-refractivity contribution in [3.63, 3.8) is 0 Å². The highest BCUT2D eigenvalue weighted by molar-refractivity contribution is 6.30. The number of benzene rings is 1. The highest BCUT2D eigenvalue weighted by Gasteiger charge is 2.25. The van der Waals surface area contributed by atoms with E-state index in [1.807, 2.05) is 12.1 Å². The van der Waals surface area contributed by atoms with Crippen molar-refractivity contribution in [3.8, 4) is 0 Å². The number of ether oxygens (including phenoxy) is 1. The van der Waals surface area contributed by atoms with Crippen molar-refractivity contribution < 1.29 is 9.13 Å². The van der Waals surface area contributed by atoms with E-state index in [1.54, 1.807) is 12.3 Å². The fourth-order valence-corrected chi connectivity index (χ4v) is 2.56. The molecular weight excluding hydrogens is 281 g/mol. The van der Waals surface area contributed by atoms with Gasteiger partial charge in [-0.3, -0.25) is 10.00 Å². The summed E-state index contributed by atoms with van der Waals surface area (Å²) in [6.45, 7) is 2.74. The highest BCUT2D eigenvalue weighted by atomic mass is 35.5. The number of morpholine rings is 1. The number of H-pyrrole nitrogens is 1. The average Bonchev–Trinajstić information content (AvgIpc) is 2.97. The Kier molecular flexibility index (Phi) is 4.00. The normalized spacial score (nSPS) is 20.2. The summed E-state index contributed by atoms with van der Waals surface area (Å²) in [5, 5.41) is 7.11.